The highest BCUT2D eigenvalue weighted by Gasteiger charge is 2.24. The van der Waals surface area contributed by atoms with E-state index in [1.165, 1.54) is 18.4 Å². The predicted molar refractivity (Wildman–Crippen MR) is 106 cm³/mol. The minimum Gasteiger partial charge on any atom is -0.350 e. The van der Waals surface area contributed by atoms with Gasteiger partial charge in [-0.3, -0.25) is 14.8 Å². The monoisotopic (exact) mass is 360 g/mol. The van der Waals surface area contributed by atoms with Crippen LogP contribution in [0.5, 0.6) is 0 Å². The van der Waals surface area contributed by atoms with Crippen molar-refractivity contribution in [3.8, 4) is 11.3 Å². The van der Waals surface area contributed by atoms with Crippen molar-refractivity contribution in [3.63, 3.8) is 0 Å². The molecule has 0 bridgehead atoms. The first-order valence-corrected chi connectivity index (χ1v) is 9.49. The van der Waals surface area contributed by atoms with Crippen LogP contribution >= 0.6 is 0 Å². The summed E-state index contributed by atoms with van der Waals surface area (Å²) in [6, 6.07) is 20.4. The normalized spacial score (nSPS) is 15.6. The third-order valence-electron chi connectivity index (χ3n) is 5.17. The fraction of sp³-hybridized carbons (Fsp3) is 0.273. The molecule has 1 saturated heterocycles. The van der Waals surface area contributed by atoms with Gasteiger partial charge in [0.25, 0.3) is 5.91 Å². The van der Waals surface area contributed by atoms with Gasteiger partial charge in [0.05, 0.1) is 23.5 Å². The van der Waals surface area contributed by atoms with Gasteiger partial charge in [-0.1, -0.05) is 60.7 Å². The minimum atomic E-state index is -0.0947. The zero-order chi connectivity index (χ0) is 18.5. The molecule has 0 aliphatic carbocycles. The number of hydrogen-bond acceptors (Lipinski definition) is 3. The Bertz CT molecular complexity index is 870. The van der Waals surface area contributed by atoms with Crippen LogP contribution in [0, 0.1) is 0 Å². The third-order valence-corrected chi connectivity index (χ3v) is 5.17. The lowest BCUT2D eigenvalue weighted by Crippen LogP contribution is -2.36. The molecule has 5 heteroatoms. The number of rotatable bonds is 6. The lowest BCUT2D eigenvalue weighted by atomic mass is 10.0. The molecule has 0 spiro atoms. The molecule has 2 aromatic carbocycles. The number of carbonyl (C=O) groups excluding carboxylic acids is 1. The number of benzene rings is 2. The van der Waals surface area contributed by atoms with Crippen LogP contribution in [0.25, 0.3) is 11.3 Å². The van der Waals surface area contributed by atoms with Crippen LogP contribution < -0.4 is 5.32 Å². The first kappa shape index (κ1) is 17.5. The minimum absolute atomic E-state index is 0.0947. The van der Waals surface area contributed by atoms with Gasteiger partial charge in [-0.05, 0) is 31.5 Å². The summed E-state index contributed by atoms with van der Waals surface area (Å²) in [5.74, 6) is -0.0947. The largest absolute Gasteiger partial charge is 0.350 e. The molecule has 1 aromatic heterocycles. The van der Waals surface area contributed by atoms with Crippen LogP contribution in [0.15, 0.2) is 66.9 Å². The number of nitrogens with zero attached hydrogens (tertiary/aromatic N) is 2. The number of amides is 1. The summed E-state index contributed by atoms with van der Waals surface area (Å²) in [6.07, 6.45) is 4.04. The van der Waals surface area contributed by atoms with Crippen molar-refractivity contribution in [1.82, 2.24) is 20.4 Å². The van der Waals surface area contributed by atoms with Gasteiger partial charge in [-0.2, -0.15) is 5.10 Å². The van der Waals surface area contributed by atoms with Gasteiger partial charge < -0.3 is 5.32 Å². The van der Waals surface area contributed by atoms with E-state index < -0.39 is 0 Å². The van der Waals surface area contributed by atoms with Gasteiger partial charge in [0.15, 0.2) is 0 Å². The second-order valence-corrected chi connectivity index (χ2v) is 6.90. The molecule has 3 aromatic rings. The van der Waals surface area contributed by atoms with Crippen molar-refractivity contribution in [2.45, 2.75) is 18.9 Å². The molecular weight excluding hydrogens is 336 g/mol. The zero-order valence-electron chi connectivity index (χ0n) is 15.3. The Morgan fingerprint density at radius 3 is 2.41 bits per heavy atom. The third kappa shape index (κ3) is 3.93. The fourth-order valence-corrected chi connectivity index (χ4v) is 3.75. The van der Waals surface area contributed by atoms with Crippen molar-refractivity contribution in [1.29, 1.82) is 0 Å². The SMILES string of the molecule is O=C(NCC(c1ccccc1)N1CCCC1)c1cn[nH]c1-c1ccccc1. The van der Waals surface area contributed by atoms with Gasteiger partial charge >= 0.3 is 0 Å². The van der Waals surface area contributed by atoms with Gasteiger partial charge in [0.1, 0.15) is 0 Å². The maximum atomic E-state index is 12.9. The van der Waals surface area contributed by atoms with Crippen molar-refractivity contribution in [2.75, 3.05) is 19.6 Å². The van der Waals surface area contributed by atoms with E-state index in [4.69, 9.17) is 0 Å². The molecule has 27 heavy (non-hydrogen) atoms. The first-order chi connectivity index (χ1) is 13.3. The molecule has 138 valence electrons. The van der Waals surface area contributed by atoms with Crippen molar-refractivity contribution < 1.29 is 4.79 Å². The molecular formula is C22H24N4O. The Kier molecular flexibility index (Phi) is 5.30. The number of likely N-dealkylation sites (tertiary alicyclic amines) is 1. The molecule has 0 radical (unpaired) electrons. The van der Waals surface area contributed by atoms with Crippen molar-refractivity contribution in [2.24, 2.45) is 0 Å². The number of hydrogen-bond donors (Lipinski definition) is 2. The molecule has 1 aliphatic heterocycles. The summed E-state index contributed by atoms with van der Waals surface area (Å²) in [5, 5.41) is 10.2. The number of H-pyrrole nitrogens is 1. The number of aromatic nitrogens is 2. The fourth-order valence-electron chi connectivity index (χ4n) is 3.75. The Hall–Kier alpha value is -2.92. The van der Waals surface area contributed by atoms with Crippen LogP contribution in [0.3, 0.4) is 0 Å². The van der Waals surface area contributed by atoms with E-state index in [9.17, 15) is 4.79 Å². The molecule has 0 saturated carbocycles. The van der Waals surface area contributed by atoms with Gasteiger partial charge in [0, 0.05) is 12.1 Å². The van der Waals surface area contributed by atoms with E-state index in [-0.39, 0.29) is 11.9 Å². The average molecular weight is 360 g/mol. The predicted octanol–water partition coefficient (Wildman–Crippen LogP) is 3.64. The lowest BCUT2D eigenvalue weighted by molar-refractivity contribution is 0.0938. The van der Waals surface area contributed by atoms with E-state index in [0.717, 1.165) is 24.3 Å². The summed E-state index contributed by atoms with van der Waals surface area (Å²) in [5.41, 5.74) is 3.54. The van der Waals surface area contributed by atoms with Gasteiger partial charge in [-0.25, -0.2) is 0 Å². The molecule has 1 aliphatic rings. The van der Waals surface area contributed by atoms with Crippen LogP contribution in [-0.2, 0) is 0 Å². The Morgan fingerprint density at radius 2 is 1.70 bits per heavy atom. The highest BCUT2D eigenvalue weighted by Crippen LogP contribution is 2.25. The van der Waals surface area contributed by atoms with E-state index >= 15 is 0 Å². The Labute approximate surface area is 159 Å². The van der Waals surface area contributed by atoms with Gasteiger partial charge in [-0.15, -0.1) is 0 Å². The highest BCUT2D eigenvalue weighted by atomic mass is 16.1. The molecule has 2 heterocycles. The van der Waals surface area contributed by atoms with Crippen LogP contribution in [0.4, 0.5) is 0 Å². The standard InChI is InChI=1S/C22H24N4O/c27-22(19-15-24-25-21(19)18-11-5-2-6-12-18)23-16-20(26-13-7-8-14-26)17-9-3-1-4-10-17/h1-6,9-12,15,20H,7-8,13-14,16H2,(H,23,27)(H,24,25). The van der Waals surface area contributed by atoms with E-state index in [1.807, 2.05) is 36.4 Å². The topological polar surface area (TPSA) is 61.0 Å². The molecule has 1 unspecified atom stereocenters. The number of aromatic amines is 1. The first-order valence-electron chi connectivity index (χ1n) is 9.49. The molecule has 4 rings (SSSR count). The summed E-state index contributed by atoms with van der Waals surface area (Å²) in [4.78, 5) is 15.3. The summed E-state index contributed by atoms with van der Waals surface area (Å²) in [7, 11) is 0. The van der Waals surface area contributed by atoms with Crippen molar-refractivity contribution >= 4 is 5.91 Å². The number of carbonyl (C=O) groups is 1. The molecule has 1 amide bonds. The van der Waals surface area contributed by atoms with E-state index in [0.29, 0.717) is 12.1 Å². The Balaban J connectivity index is 1.50. The summed E-state index contributed by atoms with van der Waals surface area (Å²) < 4.78 is 0. The maximum Gasteiger partial charge on any atom is 0.255 e. The average Bonchev–Trinajstić information content (AvgIpc) is 3.42. The van der Waals surface area contributed by atoms with E-state index in [2.05, 4.69) is 44.7 Å². The smallest absolute Gasteiger partial charge is 0.255 e. The quantitative estimate of drug-likeness (QED) is 0.705. The van der Waals surface area contributed by atoms with E-state index in [1.54, 1.807) is 6.20 Å². The molecule has 5 nitrogen and oxygen atoms in total. The van der Waals surface area contributed by atoms with Gasteiger partial charge in [0.2, 0.25) is 0 Å². The molecule has 2 N–H and O–H groups in total. The second kappa shape index (κ2) is 8.18. The summed E-state index contributed by atoms with van der Waals surface area (Å²) >= 11 is 0. The van der Waals surface area contributed by atoms with Crippen LogP contribution in [0.2, 0.25) is 0 Å². The molecule has 1 fully saturated rings. The van der Waals surface area contributed by atoms with Crippen molar-refractivity contribution in [3.05, 3.63) is 78.0 Å². The second-order valence-electron chi connectivity index (χ2n) is 6.90. The Morgan fingerprint density at radius 1 is 1.04 bits per heavy atom. The lowest BCUT2D eigenvalue weighted by Gasteiger charge is -2.28. The highest BCUT2D eigenvalue weighted by molar-refractivity contribution is 5.99. The zero-order valence-corrected chi connectivity index (χ0v) is 15.3. The maximum absolute atomic E-state index is 12.9. The number of nitrogens with one attached hydrogen (secondary N) is 2. The van der Waals surface area contributed by atoms with Crippen LogP contribution in [0.1, 0.15) is 34.8 Å². The summed E-state index contributed by atoms with van der Waals surface area (Å²) in [6.45, 7) is 2.75. The molecule has 1 atom stereocenters. The van der Waals surface area contributed by atoms with Crippen LogP contribution in [-0.4, -0.2) is 40.6 Å².